The van der Waals surface area contributed by atoms with Crippen LogP contribution in [0.25, 0.3) is 0 Å². The standard InChI is InChI=1S/C22H29FN6O/c1-24-22(27-18-8-10-29(16-18)21-19(23)6-4-9-25-21)26-15-17-5-2-3-7-20(17)28-11-13-30-14-12-28/h2-7,9,18H,8,10-16H2,1H3,(H2,24,26,27). The molecule has 0 bridgehead atoms. The van der Waals surface area contributed by atoms with Crippen molar-refractivity contribution in [2.75, 3.05) is 56.2 Å². The minimum Gasteiger partial charge on any atom is -0.378 e. The second kappa shape index (κ2) is 9.75. The summed E-state index contributed by atoms with van der Waals surface area (Å²) in [6.45, 7) is 5.48. The fraction of sp³-hybridized carbons (Fsp3) is 0.455. The molecule has 2 aliphatic heterocycles. The molecule has 0 radical (unpaired) electrons. The van der Waals surface area contributed by atoms with E-state index in [0.717, 1.165) is 45.2 Å². The van der Waals surface area contributed by atoms with E-state index in [-0.39, 0.29) is 11.9 Å². The molecule has 30 heavy (non-hydrogen) atoms. The van der Waals surface area contributed by atoms with Crippen molar-refractivity contribution in [3.8, 4) is 0 Å². The zero-order valence-electron chi connectivity index (χ0n) is 17.4. The van der Waals surface area contributed by atoms with E-state index in [4.69, 9.17) is 4.74 Å². The second-order valence-corrected chi connectivity index (χ2v) is 7.54. The molecule has 0 saturated carbocycles. The van der Waals surface area contributed by atoms with Crippen molar-refractivity contribution >= 4 is 17.5 Å². The Morgan fingerprint density at radius 1 is 1.17 bits per heavy atom. The number of morpholine rings is 1. The number of aliphatic imine (C=N–C) groups is 1. The topological polar surface area (TPSA) is 65.0 Å². The zero-order chi connectivity index (χ0) is 20.8. The van der Waals surface area contributed by atoms with E-state index in [2.05, 4.69) is 49.8 Å². The van der Waals surface area contributed by atoms with Gasteiger partial charge in [-0.3, -0.25) is 4.99 Å². The molecule has 4 rings (SSSR count). The van der Waals surface area contributed by atoms with Gasteiger partial charge in [0, 0.05) is 57.7 Å². The molecule has 1 aromatic carbocycles. The van der Waals surface area contributed by atoms with Gasteiger partial charge in [0.1, 0.15) is 0 Å². The number of anilines is 2. The number of aromatic nitrogens is 1. The third-order valence-corrected chi connectivity index (χ3v) is 5.58. The monoisotopic (exact) mass is 412 g/mol. The molecular weight excluding hydrogens is 383 g/mol. The minimum absolute atomic E-state index is 0.187. The Bertz CT molecular complexity index is 870. The summed E-state index contributed by atoms with van der Waals surface area (Å²) in [5.41, 5.74) is 2.47. The summed E-state index contributed by atoms with van der Waals surface area (Å²) >= 11 is 0. The van der Waals surface area contributed by atoms with Gasteiger partial charge in [-0.1, -0.05) is 18.2 Å². The molecular formula is C22H29FN6O. The average molecular weight is 413 g/mol. The van der Waals surface area contributed by atoms with Crippen LogP contribution in [-0.4, -0.2) is 63.4 Å². The van der Waals surface area contributed by atoms with E-state index in [0.29, 0.717) is 18.9 Å². The van der Waals surface area contributed by atoms with Crippen LogP contribution in [0.1, 0.15) is 12.0 Å². The van der Waals surface area contributed by atoms with E-state index in [9.17, 15) is 4.39 Å². The maximum Gasteiger partial charge on any atom is 0.191 e. The van der Waals surface area contributed by atoms with Crippen LogP contribution in [-0.2, 0) is 11.3 Å². The summed E-state index contributed by atoms with van der Waals surface area (Å²) in [7, 11) is 1.77. The Hall–Kier alpha value is -2.87. The lowest BCUT2D eigenvalue weighted by Crippen LogP contribution is -2.44. The van der Waals surface area contributed by atoms with Crippen LogP contribution >= 0.6 is 0 Å². The third kappa shape index (κ3) is 4.81. The average Bonchev–Trinajstić information content (AvgIpc) is 3.26. The molecule has 160 valence electrons. The first-order chi connectivity index (χ1) is 14.7. The van der Waals surface area contributed by atoms with Gasteiger partial charge in [-0.15, -0.1) is 0 Å². The van der Waals surface area contributed by atoms with Gasteiger partial charge >= 0.3 is 0 Å². The molecule has 0 amide bonds. The van der Waals surface area contributed by atoms with Crippen molar-refractivity contribution < 1.29 is 9.13 Å². The Morgan fingerprint density at radius 2 is 2.00 bits per heavy atom. The van der Waals surface area contributed by atoms with Crippen molar-refractivity contribution in [3.05, 3.63) is 54.0 Å². The number of halogens is 1. The molecule has 0 spiro atoms. The molecule has 2 aromatic rings. The van der Waals surface area contributed by atoms with E-state index in [1.54, 1.807) is 19.3 Å². The van der Waals surface area contributed by atoms with Crippen LogP contribution in [0.5, 0.6) is 0 Å². The fourth-order valence-corrected chi connectivity index (χ4v) is 4.02. The summed E-state index contributed by atoms with van der Waals surface area (Å²) in [6, 6.07) is 11.7. The Balaban J connectivity index is 1.34. The SMILES string of the molecule is CN=C(NCc1ccccc1N1CCOCC1)NC1CCN(c2ncccc2F)C1. The first-order valence-electron chi connectivity index (χ1n) is 10.5. The summed E-state index contributed by atoms with van der Waals surface area (Å²) < 4.78 is 19.5. The number of rotatable bonds is 5. The number of nitrogens with one attached hydrogen (secondary N) is 2. The normalized spacial score (nSPS) is 19.8. The van der Waals surface area contributed by atoms with E-state index >= 15 is 0 Å². The lowest BCUT2D eigenvalue weighted by molar-refractivity contribution is 0.122. The summed E-state index contributed by atoms with van der Waals surface area (Å²) in [5, 5.41) is 6.90. The zero-order valence-corrected chi connectivity index (χ0v) is 17.4. The van der Waals surface area contributed by atoms with Gasteiger partial charge in [0.15, 0.2) is 17.6 Å². The van der Waals surface area contributed by atoms with Gasteiger partial charge in [0.05, 0.1) is 13.2 Å². The molecule has 1 unspecified atom stereocenters. The number of ether oxygens (including phenoxy) is 1. The second-order valence-electron chi connectivity index (χ2n) is 7.54. The summed E-state index contributed by atoms with van der Waals surface area (Å²) in [4.78, 5) is 12.9. The van der Waals surface area contributed by atoms with Crippen LogP contribution in [0.15, 0.2) is 47.6 Å². The largest absolute Gasteiger partial charge is 0.378 e. The Morgan fingerprint density at radius 3 is 2.80 bits per heavy atom. The lowest BCUT2D eigenvalue weighted by Gasteiger charge is -2.30. The van der Waals surface area contributed by atoms with E-state index in [1.165, 1.54) is 17.3 Å². The van der Waals surface area contributed by atoms with Gasteiger partial charge in [0.2, 0.25) is 0 Å². The van der Waals surface area contributed by atoms with Crippen LogP contribution in [0.4, 0.5) is 15.9 Å². The van der Waals surface area contributed by atoms with Crippen LogP contribution in [0, 0.1) is 5.82 Å². The highest BCUT2D eigenvalue weighted by molar-refractivity contribution is 5.80. The van der Waals surface area contributed by atoms with Gasteiger partial charge in [-0.05, 0) is 30.2 Å². The number of hydrogen-bond acceptors (Lipinski definition) is 5. The Labute approximate surface area is 177 Å². The van der Waals surface area contributed by atoms with Crippen LogP contribution in [0.3, 0.4) is 0 Å². The van der Waals surface area contributed by atoms with Crippen molar-refractivity contribution in [1.82, 2.24) is 15.6 Å². The minimum atomic E-state index is -0.277. The van der Waals surface area contributed by atoms with Crippen LogP contribution in [0.2, 0.25) is 0 Å². The van der Waals surface area contributed by atoms with Gasteiger partial charge in [-0.2, -0.15) is 0 Å². The smallest absolute Gasteiger partial charge is 0.191 e. The molecule has 1 atom stereocenters. The fourth-order valence-electron chi connectivity index (χ4n) is 4.02. The first kappa shape index (κ1) is 20.4. The van der Waals surface area contributed by atoms with Crippen molar-refractivity contribution in [2.45, 2.75) is 19.0 Å². The van der Waals surface area contributed by atoms with Crippen molar-refractivity contribution in [3.63, 3.8) is 0 Å². The molecule has 2 fully saturated rings. The van der Waals surface area contributed by atoms with Crippen molar-refractivity contribution in [2.24, 2.45) is 4.99 Å². The molecule has 2 saturated heterocycles. The maximum absolute atomic E-state index is 14.0. The Kier molecular flexibility index (Phi) is 6.63. The van der Waals surface area contributed by atoms with Gasteiger partial charge in [-0.25, -0.2) is 9.37 Å². The lowest BCUT2D eigenvalue weighted by atomic mass is 10.1. The van der Waals surface area contributed by atoms with Gasteiger partial charge in [0.25, 0.3) is 0 Å². The molecule has 7 nitrogen and oxygen atoms in total. The third-order valence-electron chi connectivity index (χ3n) is 5.58. The van der Waals surface area contributed by atoms with Crippen LogP contribution < -0.4 is 20.4 Å². The predicted molar refractivity (Wildman–Crippen MR) is 118 cm³/mol. The quantitative estimate of drug-likeness (QED) is 0.579. The first-order valence-corrected chi connectivity index (χ1v) is 10.5. The summed E-state index contributed by atoms with van der Waals surface area (Å²) in [6.07, 6.45) is 2.53. The predicted octanol–water partition coefficient (Wildman–Crippen LogP) is 2.00. The molecule has 1 aromatic heterocycles. The number of benzene rings is 1. The van der Waals surface area contributed by atoms with E-state index in [1.807, 2.05) is 4.90 Å². The highest BCUT2D eigenvalue weighted by Gasteiger charge is 2.26. The highest BCUT2D eigenvalue weighted by Crippen LogP contribution is 2.22. The molecule has 2 N–H and O–H groups in total. The highest BCUT2D eigenvalue weighted by atomic mass is 19.1. The molecule has 0 aliphatic carbocycles. The molecule has 3 heterocycles. The summed E-state index contributed by atoms with van der Waals surface area (Å²) in [5.74, 6) is 0.893. The number of hydrogen-bond donors (Lipinski definition) is 2. The maximum atomic E-state index is 14.0. The molecule has 8 heteroatoms. The molecule has 2 aliphatic rings. The number of para-hydroxylation sites is 1. The van der Waals surface area contributed by atoms with Crippen molar-refractivity contribution in [1.29, 1.82) is 0 Å². The number of pyridine rings is 1. The van der Waals surface area contributed by atoms with E-state index < -0.39 is 0 Å². The number of nitrogens with zero attached hydrogens (tertiary/aromatic N) is 4. The number of guanidine groups is 1. The van der Waals surface area contributed by atoms with Gasteiger partial charge < -0.3 is 25.2 Å².